The van der Waals surface area contributed by atoms with Crippen molar-refractivity contribution in [2.75, 3.05) is 4.90 Å². The van der Waals surface area contributed by atoms with Gasteiger partial charge in [0.2, 0.25) is 0 Å². The highest BCUT2D eigenvalue weighted by Gasteiger charge is 2.31. The van der Waals surface area contributed by atoms with E-state index in [0.29, 0.717) is 0 Å². The Morgan fingerprint density at radius 2 is 1.04 bits per heavy atom. The van der Waals surface area contributed by atoms with E-state index in [1.165, 1.54) is 76.0 Å². The first kappa shape index (κ1) is 26.3. The lowest BCUT2D eigenvalue weighted by Gasteiger charge is -2.27. The fourth-order valence-electron chi connectivity index (χ4n) is 7.50. The van der Waals surface area contributed by atoms with Gasteiger partial charge < -0.3 is 9.47 Å². The van der Waals surface area contributed by atoms with Crippen LogP contribution in [-0.4, -0.2) is 4.57 Å². The second-order valence-electron chi connectivity index (χ2n) is 12.1. The Balaban J connectivity index is 1.26. The van der Waals surface area contributed by atoms with Crippen LogP contribution in [0.1, 0.15) is 0 Å². The molecule has 7 aromatic carbocycles. The first-order valence-corrected chi connectivity index (χ1v) is 16.8. The molecule has 0 atom stereocenters. The quantitative estimate of drug-likeness (QED) is 0.192. The van der Waals surface area contributed by atoms with Gasteiger partial charge in [0, 0.05) is 53.6 Å². The van der Waals surface area contributed by atoms with Gasteiger partial charge in [0.15, 0.2) is 0 Å². The van der Waals surface area contributed by atoms with E-state index in [1.807, 2.05) is 11.3 Å². The average Bonchev–Trinajstić information content (AvgIpc) is 3.65. The molecule has 1 aliphatic heterocycles. The average molecular weight is 617 g/mol. The summed E-state index contributed by atoms with van der Waals surface area (Å²) in [5.74, 6) is 0. The molecule has 0 fully saturated rings. The minimum atomic E-state index is 1.15. The van der Waals surface area contributed by atoms with Crippen LogP contribution in [0.25, 0.3) is 70.3 Å². The number of para-hydroxylation sites is 4. The standard InChI is InChI=1S/C44H28N2S/c1-2-14-31(15-3-1)45-38-21-8-4-18-34(38)43-35-19-5-9-22-39(35)46(44(43)36-20-6-10-23-40(36)45)32-16-12-13-29(27-32)30-25-26-42-37(28-30)33-17-7-11-24-41(33)47-42/h1-28H. The van der Waals surface area contributed by atoms with E-state index in [4.69, 9.17) is 0 Å². The highest BCUT2D eigenvalue weighted by atomic mass is 32.1. The molecule has 1 aliphatic rings. The van der Waals surface area contributed by atoms with Crippen molar-refractivity contribution in [2.24, 2.45) is 0 Å². The molecule has 10 rings (SSSR count). The molecule has 220 valence electrons. The topological polar surface area (TPSA) is 8.17 Å². The summed E-state index contributed by atoms with van der Waals surface area (Å²) >= 11 is 1.86. The number of benzene rings is 7. The Morgan fingerprint density at radius 1 is 0.404 bits per heavy atom. The second-order valence-corrected chi connectivity index (χ2v) is 13.2. The van der Waals surface area contributed by atoms with E-state index in [1.54, 1.807) is 0 Å². The van der Waals surface area contributed by atoms with Crippen LogP contribution in [0, 0.1) is 0 Å². The SMILES string of the molecule is c1ccc(N2c3ccccc3-c3c(n(-c4cccc(-c5ccc6sc7ccccc7c6c5)c4)c4ccccc34)-c3ccccc32)cc1. The van der Waals surface area contributed by atoms with E-state index in [2.05, 4.69) is 179 Å². The van der Waals surface area contributed by atoms with Crippen LogP contribution < -0.4 is 4.90 Å². The molecule has 9 aromatic rings. The zero-order chi connectivity index (χ0) is 30.9. The molecule has 0 saturated heterocycles. The van der Waals surface area contributed by atoms with Crippen molar-refractivity contribution in [1.29, 1.82) is 0 Å². The molecule has 2 nitrogen and oxygen atoms in total. The summed E-state index contributed by atoms with van der Waals surface area (Å²) in [4.78, 5) is 2.42. The highest BCUT2D eigenvalue weighted by molar-refractivity contribution is 7.25. The molecule has 0 aliphatic carbocycles. The molecule has 47 heavy (non-hydrogen) atoms. The lowest BCUT2D eigenvalue weighted by Crippen LogP contribution is -2.11. The fourth-order valence-corrected chi connectivity index (χ4v) is 8.59. The Morgan fingerprint density at radius 3 is 1.91 bits per heavy atom. The number of hydrogen-bond donors (Lipinski definition) is 0. The number of hydrogen-bond acceptors (Lipinski definition) is 2. The van der Waals surface area contributed by atoms with Crippen molar-refractivity contribution in [3.8, 4) is 39.2 Å². The third kappa shape index (κ3) is 3.97. The summed E-state index contributed by atoms with van der Waals surface area (Å²) < 4.78 is 5.14. The first-order valence-electron chi connectivity index (χ1n) is 16.0. The molecular weight excluding hydrogens is 589 g/mol. The number of aromatic nitrogens is 1. The van der Waals surface area contributed by atoms with E-state index in [9.17, 15) is 0 Å². The molecule has 0 N–H and O–H groups in total. The number of thiophene rings is 1. The van der Waals surface area contributed by atoms with Gasteiger partial charge in [-0.2, -0.15) is 0 Å². The van der Waals surface area contributed by atoms with Crippen molar-refractivity contribution >= 4 is 59.5 Å². The largest absolute Gasteiger partial charge is 0.309 e. The van der Waals surface area contributed by atoms with Gasteiger partial charge in [0.05, 0.1) is 22.6 Å². The van der Waals surface area contributed by atoms with Crippen molar-refractivity contribution in [1.82, 2.24) is 4.57 Å². The number of anilines is 3. The molecule has 2 aromatic heterocycles. The van der Waals surface area contributed by atoms with Gasteiger partial charge in [-0.05, 0) is 71.8 Å². The van der Waals surface area contributed by atoms with E-state index in [0.717, 1.165) is 11.4 Å². The zero-order valence-corrected chi connectivity index (χ0v) is 26.3. The van der Waals surface area contributed by atoms with Gasteiger partial charge in [-0.25, -0.2) is 0 Å². The molecule has 0 amide bonds. The molecule has 0 saturated carbocycles. The normalized spacial score (nSPS) is 12.2. The van der Waals surface area contributed by atoms with Gasteiger partial charge in [-0.3, -0.25) is 0 Å². The lowest BCUT2D eigenvalue weighted by atomic mass is 9.98. The van der Waals surface area contributed by atoms with Crippen molar-refractivity contribution in [3.63, 3.8) is 0 Å². The fraction of sp³-hybridized carbons (Fsp3) is 0. The number of nitrogens with zero attached hydrogens (tertiary/aromatic N) is 2. The molecule has 0 radical (unpaired) electrons. The summed E-state index contributed by atoms with van der Waals surface area (Å²) in [5, 5.41) is 3.89. The predicted molar refractivity (Wildman–Crippen MR) is 201 cm³/mol. The van der Waals surface area contributed by atoms with Crippen LogP contribution in [0.3, 0.4) is 0 Å². The second kappa shape index (κ2) is 10.3. The number of fused-ring (bicyclic) bond motifs is 10. The molecule has 0 bridgehead atoms. The third-order valence-corrected chi connectivity index (χ3v) is 10.7. The first-order chi connectivity index (χ1) is 23.3. The van der Waals surface area contributed by atoms with Gasteiger partial charge in [-0.15, -0.1) is 11.3 Å². The summed E-state index contributed by atoms with van der Waals surface area (Å²) in [5.41, 5.74) is 13.2. The number of rotatable bonds is 3. The predicted octanol–water partition coefficient (Wildman–Crippen LogP) is 12.8. The summed E-state index contributed by atoms with van der Waals surface area (Å²) in [6.45, 7) is 0. The van der Waals surface area contributed by atoms with Crippen LogP contribution in [0.5, 0.6) is 0 Å². The maximum atomic E-state index is 2.48. The molecular formula is C44H28N2S. The van der Waals surface area contributed by atoms with E-state index >= 15 is 0 Å². The molecule has 3 heterocycles. The van der Waals surface area contributed by atoms with Gasteiger partial charge in [-0.1, -0.05) is 109 Å². The smallest absolute Gasteiger partial charge is 0.0641 e. The van der Waals surface area contributed by atoms with Crippen LogP contribution >= 0.6 is 11.3 Å². The minimum Gasteiger partial charge on any atom is -0.309 e. The Labute approximate surface area is 277 Å². The van der Waals surface area contributed by atoms with Gasteiger partial charge >= 0.3 is 0 Å². The molecule has 0 spiro atoms. The minimum absolute atomic E-state index is 1.15. The maximum Gasteiger partial charge on any atom is 0.0641 e. The Hall–Kier alpha value is -5.90. The van der Waals surface area contributed by atoms with E-state index in [-0.39, 0.29) is 0 Å². The van der Waals surface area contributed by atoms with Crippen LogP contribution in [0.15, 0.2) is 170 Å². The van der Waals surface area contributed by atoms with Crippen molar-refractivity contribution < 1.29 is 0 Å². The monoisotopic (exact) mass is 616 g/mol. The highest BCUT2D eigenvalue weighted by Crippen LogP contribution is 2.54. The Kier molecular flexibility index (Phi) is 5.78. The summed E-state index contributed by atoms with van der Waals surface area (Å²) in [7, 11) is 0. The Bertz CT molecular complexity index is 2640. The maximum absolute atomic E-state index is 2.48. The van der Waals surface area contributed by atoms with Crippen molar-refractivity contribution in [3.05, 3.63) is 170 Å². The molecule has 3 heteroatoms. The zero-order valence-electron chi connectivity index (χ0n) is 25.5. The van der Waals surface area contributed by atoms with Crippen LogP contribution in [-0.2, 0) is 0 Å². The third-order valence-electron chi connectivity index (χ3n) is 9.52. The van der Waals surface area contributed by atoms with Crippen molar-refractivity contribution in [2.45, 2.75) is 0 Å². The van der Waals surface area contributed by atoms with Crippen LogP contribution in [0.2, 0.25) is 0 Å². The van der Waals surface area contributed by atoms with Gasteiger partial charge in [0.25, 0.3) is 0 Å². The molecule has 0 unspecified atom stereocenters. The van der Waals surface area contributed by atoms with Gasteiger partial charge in [0.1, 0.15) is 0 Å². The van der Waals surface area contributed by atoms with Crippen LogP contribution in [0.4, 0.5) is 17.1 Å². The van der Waals surface area contributed by atoms with E-state index < -0.39 is 0 Å². The summed E-state index contributed by atoms with van der Waals surface area (Å²) in [6.07, 6.45) is 0. The summed E-state index contributed by atoms with van der Waals surface area (Å²) in [6, 6.07) is 62.0. The lowest BCUT2D eigenvalue weighted by molar-refractivity contribution is 1.13.